The van der Waals surface area contributed by atoms with E-state index < -0.39 is 0 Å². The van der Waals surface area contributed by atoms with Gasteiger partial charge in [0, 0.05) is 0 Å². The van der Waals surface area contributed by atoms with Gasteiger partial charge in [-0.2, -0.15) is 0 Å². The first-order valence-corrected chi connectivity index (χ1v) is 4.17. The largest absolute Gasteiger partial charge is 0.373 e. The zero-order valence-electron chi connectivity index (χ0n) is 7.48. The fraction of sp³-hybridized carbons (Fsp3) is 1.00. The van der Waals surface area contributed by atoms with Gasteiger partial charge in [-0.3, -0.25) is 0 Å². The van der Waals surface area contributed by atoms with E-state index in [1.807, 2.05) is 0 Å². The van der Waals surface area contributed by atoms with E-state index in [2.05, 4.69) is 27.7 Å². The van der Waals surface area contributed by atoms with Crippen molar-refractivity contribution in [3.05, 3.63) is 0 Å². The predicted octanol–water partition coefficient (Wildman–Crippen LogP) is 2.60. The van der Waals surface area contributed by atoms with E-state index in [4.69, 9.17) is 4.74 Å². The third-order valence-electron chi connectivity index (χ3n) is 2.09. The van der Waals surface area contributed by atoms with Gasteiger partial charge in [-0.1, -0.05) is 6.92 Å². The minimum atomic E-state index is 0.122. The molecular formula is C9H18O. The van der Waals surface area contributed by atoms with Crippen LogP contribution in [-0.2, 0) is 4.74 Å². The van der Waals surface area contributed by atoms with E-state index in [1.54, 1.807) is 0 Å². The van der Waals surface area contributed by atoms with Crippen LogP contribution in [0.15, 0.2) is 0 Å². The average molecular weight is 142 g/mol. The minimum Gasteiger partial charge on any atom is -0.373 e. The van der Waals surface area contributed by atoms with Crippen molar-refractivity contribution in [2.45, 2.75) is 52.2 Å². The second-order valence-corrected chi connectivity index (χ2v) is 4.23. The first-order chi connectivity index (χ1) is 4.49. The Morgan fingerprint density at radius 1 is 1.30 bits per heavy atom. The van der Waals surface area contributed by atoms with E-state index in [0.29, 0.717) is 6.10 Å². The summed E-state index contributed by atoms with van der Waals surface area (Å²) >= 11 is 0. The molecule has 1 fully saturated rings. The third-order valence-corrected chi connectivity index (χ3v) is 2.09. The Balaban J connectivity index is 2.51. The van der Waals surface area contributed by atoms with Gasteiger partial charge in [0.25, 0.3) is 0 Å². The fourth-order valence-corrected chi connectivity index (χ4v) is 2.13. The summed E-state index contributed by atoms with van der Waals surface area (Å²) in [5, 5.41) is 0. The summed E-state index contributed by atoms with van der Waals surface area (Å²) in [4.78, 5) is 0. The Bertz CT molecular complexity index is 106. The van der Waals surface area contributed by atoms with E-state index >= 15 is 0 Å². The quantitative estimate of drug-likeness (QED) is 0.505. The first kappa shape index (κ1) is 8.06. The van der Waals surface area contributed by atoms with Crippen LogP contribution in [0.2, 0.25) is 0 Å². The molecule has 1 heteroatoms. The van der Waals surface area contributed by atoms with E-state index in [1.165, 1.54) is 12.8 Å². The molecule has 2 unspecified atom stereocenters. The lowest BCUT2D eigenvalue weighted by Crippen LogP contribution is -2.37. The molecule has 0 saturated carbocycles. The number of rotatable bonds is 0. The fourth-order valence-electron chi connectivity index (χ4n) is 2.13. The monoisotopic (exact) mass is 142 g/mol. The summed E-state index contributed by atoms with van der Waals surface area (Å²) < 4.78 is 5.74. The van der Waals surface area contributed by atoms with Crippen molar-refractivity contribution in [1.29, 1.82) is 0 Å². The maximum absolute atomic E-state index is 5.74. The molecule has 2 atom stereocenters. The Labute approximate surface area is 63.8 Å². The number of hydrogen-bond acceptors (Lipinski definition) is 1. The molecule has 0 aliphatic carbocycles. The lowest BCUT2D eigenvalue weighted by atomic mass is 9.87. The zero-order chi connectivity index (χ0) is 7.78. The van der Waals surface area contributed by atoms with Crippen LogP contribution in [0.5, 0.6) is 0 Å². The molecular weight excluding hydrogens is 124 g/mol. The molecule has 0 N–H and O–H groups in total. The van der Waals surface area contributed by atoms with Crippen LogP contribution in [0.3, 0.4) is 0 Å². The standard InChI is InChI=1S/C9H18O/c1-7-5-8(2)10-9(3,4)6-7/h7-8H,5-6H2,1-4H3. The van der Waals surface area contributed by atoms with Crippen LogP contribution < -0.4 is 0 Å². The smallest absolute Gasteiger partial charge is 0.0632 e. The second-order valence-electron chi connectivity index (χ2n) is 4.23. The Hall–Kier alpha value is -0.0400. The predicted molar refractivity (Wildman–Crippen MR) is 43.0 cm³/mol. The topological polar surface area (TPSA) is 9.23 Å². The molecule has 60 valence electrons. The highest BCUT2D eigenvalue weighted by atomic mass is 16.5. The molecule has 0 spiro atoms. The molecule has 1 saturated heterocycles. The molecule has 1 nitrogen and oxygen atoms in total. The highest BCUT2D eigenvalue weighted by molar-refractivity contribution is 4.79. The third kappa shape index (κ3) is 1.98. The Morgan fingerprint density at radius 2 is 1.90 bits per heavy atom. The Morgan fingerprint density at radius 3 is 2.30 bits per heavy atom. The van der Waals surface area contributed by atoms with Gasteiger partial charge in [0.15, 0.2) is 0 Å². The van der Waals surface area contributed by atoms with Crippen molar-refractivity contribution in [2.75, 3.05) is 0 Å². The number of ether oxygens (including phenoxy) is 1. The summed E-state index contributed by atoms with van der Waals surface area (Å²) in [5.41, 5.74) is 0.122. The van der Waals surface area contributed by atoms with Gasteiger partial charge in [0.2, 0.25) is 0 Å². The molecule has 0 aromatic rings. The maximum atomic E-state index is 5.74. The number of hydrogen-bond donors (Lipinski definition) is 0. The van der Waals surface area contributed by atoms with Crippen molar-refractivity contribution in [3.8, 4) is 0 Å². The van der Waals surface area contributed by atoms with Crippen LogP contribution in [-0.4, -0.2) is 11.7 Å². The summed E-state index contributed by atoms with van der Waals surface area (Å²) in [6, 6.07) is 0. The van der Waals surface area contributed by atoms with Crippen LogP contribution in [0.25, 0.3) is 0 Å². The summed E-state index contributed by atoms with van der Waals surface area (Å²) in [6.45, 7) is 8.83. The van der Waals surface area contributed by atoms with Gasteiger partial charge in [0.05, 0.1) is 11.7 Å². The van der Waals surface area contributed by atoms with Crippen molar-refractivity contribution < 1.29 is 4.74 Å². The highest BCUT2D eigenvalue weighted by Crippen LogP contribution is 2.31. The second kappa shape index (κ2) is 2.54. The lowest BCUT2D eigenvalue weighted by Gasteiger charge is -2.38. The summed E-state index contributed by atoms with van der Waals surface area (Å²) in [6.07, 6.45) is 2.89. The molecule has 1 rings (SSSR count). The van der Waals surface area contributed by atoms with Gasteiger partial charge in [-0.25, -0.2) is 0 Å². The van der Waals surface area contributed by atoms with Gasteiger partial charge < -0.3 is 4.74 Å². The van der Waals surface area contributed by atoms with Crippen molar-refractivity contribution in [2.24, 2.45) is 5.92 Å². The van der Waals surface area contributed by atoms with E-state index in [0.717, 1.165) is 5.92 Å². The molecule has 1 aliphatic rings. The maximum Gasteiger partial charge on any atom is 0.0632 e. The molecule has 0 aromatic carbocycles. The summed E-state index contributed by atoms with van der Waals surface area (Å²) in [7, 11) is 0. The first-order valence-electron chi connectivity index (χ1n) is 4.17. The van der Waals surface area contributed by atoms with Gasteiger partial charge >= 0.3 is 0 Å². The van der Waals surface area contributed by atoms with Gasteiger partial charge in [-0.15, -0.1) is 0 Å². The molecule has 0 bridgehead atoms. The molecule has 1 aliphatic heterocycles. The van der Waals surface area contributed by atoms with Crippen LogP contribution >= 0.6 is 0 Å². The minimum absolute atomic E-state index is 0.122. The van der Waals surface area contributed by atoms with Crippen molar-refractivity contribution >= 4 is 0 Å². The zero-order valence-corrected chi connectivity index (χ0v) is 7.48. The molecule has 0 aromatic heterocycles. The highest BCUT2D eigenvalue weighted by Gasteiger charge is 2.30. The van der Waals surface area contributed by atoms with Crippen molar-refractivity contribution in [3.63, 3.8) is 0 Å². The Kier molecular flexibility index (Phi) is 2.04. The van der Waals surface area contributed by atoms with Gasteiger partial charge in [-0.05, 0) is 39.5 Å². The molecule has 10 heavy (non-hydrogen) atoms. The normalized spacial score (nSPS) is 39.6. The van der Waals surface area contributed by atoms with Crippen LogP contribution in [0.4, 0.5) is 0 Å². The van der Waals surface area contributed by atoms with Crippen molar-refractivity contribution in [1.82, 2.24) is 0 Å². The van der Waals surface area contributed by atoms with E-state index in [-0.39, 0.29) is 5.60 Å². The molecule has 0 amide bonds. The SMILES string of the molecule is CC1CC(C)OC(C)(C)C1. The van der Waals surface area contributed by atoms with Crippen LogP contribution in [0.1, 0.15) is 40.5 Å². The molecule has 1 heterocycles. The van der Waals surface area contributed by atoms with Crippen LogP contribution in [0, 0.1) is 5.92 Å². The average Bonchev–Trinajstić information content (AvgIpc) is 1.54. The molecule has 0 radical (unpaired) electrons. The summed E-state index contributed by atoms with van der Waals surface area (Å²) in [5.74, 6) is 0.832. The van der Waals surface area contributed by atoms with Gasteiger partial charge in [0.1, 0.15) is 0 Å². The lowest BCUT2D eigenvalue weighted by molar-refractivity contribution is -0.114. The van der Waals surface area contributed by atoms with E-state index in [9.17, 15) is 0 Å².